The van der Waals surface area contributed by atoms with Gasteiger partial charge in [0.25, 0.3) is 5.56 Å². The minimum atomic E-state index is -3.55. The normalized spacial score (nSPS) is 15.3. The Morgan fingerprint density at radius 2 is 1.64 bits per heavy atom. The molecule has 0 amide bonds. The minimum Gasteiger partial charge on any atom is -0.354 e. The van der Waals surface area contributed by atoms with Crippen molar-refractivity contribution in [2.75, 3.05) is 31.1 Å². The molecule has 2 aromatic heterocycles. The van der Waals surface area contributed by atoms with Gasteiger partial charge in [-0.05, 0) is 32.0 Å². The van der Waals surface area contributed by atoms with Crippen LogP contribution in [-0.2, 0) is 10.0 Å². The Morgan fingerprint density at radius 1 is 0.909 bits per heavy atom. The molecule has 1 saturated heterocycles. The van der Waals surface area contributed by atoms with Gasteiger partial charge in [0.05, 0.1) is 4.90 Å². The predicted octanol–water partition coefficient (Wildman–Crippen LogP) is 2.95. The van der Waals surface area contributed by atoms with Crippen LogP contribution in [0.5, 0.6) is 0 Å². The number of aromatic nitrogens is 3. The highest BCUT2D eigenvalue weighted by Gasteiger charge is 2.29. The number of sulfonamides is 1. The van der Waals surface area contributed by atoms with E-state index in [0.29, 0.717) is 41.9 Å². The molecule has 0 saturated carbocycles. The van der Waals surface area contributed by atoms with Crippen LogP contribution in [0.15, 0.2) is 64.3 Å². The molecule has 10 heteroatoms. The molecule has 1 aliphatic heterocycles. The van der Waals surface area contributed by atoms with E-state index in [9.17, 15) is 13.2 Å². The lowest BCUT2D eigenvalue weighted by Crippen LogP contribution is -2.49. The van der Waals surface area contributed by atoms with Crippen LogP contribution in [0.1, 0.15) is 11.1 Å². The molecule has 0 spiro atoms. The molecule has 0 N–H and O–H groups in total. The first kappa shape index (κ1) is 21.7. The van der Waals surface area contributed by atoms with E-state index in [4.69, 9.17) is 0 Å². The number of piperazine rings is 1. The lowest BCUT2D eigenvalue weighted by molar-refractivity contribution is 0.384. The summed E-state index contributed by atoms with van der Waals surface area (Å²) in [6.07, 6.45) is 0. The van der Waals surface area contributed by atoms with Crippen LogP contribution in [0.4, 0.5) is 5.82 Å². The number of rotatable bonds is 4. The zero-order valence-corrected chi connectivity index (χ0v) is 19.9. The largest absolute Gasteiger partial charge is 0.354 e. The molecule has 1 aliphatic rings. The van der Waals surface area contributed by atoms with E-state index in [2.05, 4.69) is 10.1 Å². The number of nitrogens with zero attached hydrogens (tertiary/aromatic N) is 5. The Morgan fingerprint density at radius 3 is 2.33 bits per heavy atom. The fraction of sp³-hybridized carbons (Fsp3) is 0.261. The van der Waals surface area contributed by atoms with Crippen molar-refractivity contribution in [3.8, 4) is 10.6 Å². The molecule has 0 unspecified atom stereocenters. The number of fused-ring (bicyclic) bond motifs is 1. The summed E-state index contributed by atoms with van der Waals surface area (Å²) in [4.78, 5) is 20.2. The van der Waals surface area contributed by atoms with Crippen LogP contribution in [0.3, 0.4) is 0 Å². The highest BCUT2D eigenvalue weighted by molar-refractivity contribution is 7.89. The van der Waals surface area contributed by atoms with Crippen molar-refractivity contribution in [3.63, 3.8) is 0 Å². The molecular formula is C23H23N5O3S2. The van der Waals surface area contributed by atoms with Crippen LogP contribution < -0.4 is 10.5 Å². The van der Waals surface area contributed by atoms with Crippen LogP contribution >= 0.6 is 11.3 Å². The molecule has 0 bridgehead atoms. The quantitative estimate of drug-likeness (QED) is 0.445. The average molecular weight is 482 g/mol. The van der Waals surface area contributed by atoms with Gasteiger partial charge in [-0.2, -0.15) is 13.9 Å². The molecule has 0 radical (unpaired) electrons. The van der Waals surface area contributed by atoms with Gasteiger partial charge in [-0.1, -0.05) is 52.8 Å². The first-order chi connectivity index (χ1) is 15.8. The van der Waals surface area contributed by atoms with Gasteiger partial charge in [-0.15, -0.1) is 0 Å². The third-order valence-corrected chi connectivity index (χ3v) is 8.59. The first-order valence-corrected chi connectivity index (χ1v) is 12.9. The Hall–Kier alpha value is -3.08. The fourth-order valence-corrected chi connectivity index (χ4v) is 6.19. The molecule has 170 valence electrons. The van der Waals surface area contributed by atoms with Gasteiger partial charge in [0.1, 0.15) is 10.8 Å². The van der Waals surface area contributed by atoms with Crippen molar-refractivity contribution in [1.82, 2.24) is 18.9 Å². The van der Waals surface area contributed by atoms with Gasteiger partial charge in [0.15, 0.2) is 0 Å². The van der Waals surface area contributed by atoms with Gasteiger partial charge < -0.3 is 4.90 Å². The Balaban J connectivity index is 1.37. The van der Waals surface area contributed by atoms with Crippen molar-refractivity contribution in [2.45, 2.75) is 18.7 Å². The number of anilines is 1. The van der Waals surface area contributed by atoms with Crippen molar-refractivity contribution in [1.29, 1.82) is 0 Å². The SMILES string of the molecule is Cc1ccc(S(=O)(=O)N2CCN(c3cc(=O)n4nc(-c5cccc(C)c5)sc4n3)CC2)cc1. The van der Waals surface area contributed by atoms with Crippen LogP contribution in [-0.4, -0.2) is 53.5 Å². The van der Waals surface area contributed by atoms with Gasteiger partial charge in [0, 0.05) is 37.8 Å². The van der Waals surface area contributed by atoms with Crippen molar-refractivity contribution in [2.24, 2.45) is 0 Å². The minimum absolute atomic E-state index is 0.250. The van der Waals surface area contributed by atoms with Crippen LogP contribution in [0.25, 0.3) is 15.5 Å². The maximum atomic E-state index is 13.0. The maximum Gasteiger partial charge on any atom is 0.277 e. The molecule has 4 aromatic rings. The van der Waals surface area contributed by atoms with Crippen LogP contribution in [0, 0.1) is 13.8 Å². The summed E-state index contributed by atoms with van der Waals surface area (Å²) in [5, 5.41) is 5.18. The Labute approximate surface area is 195 Å². The molecular weight excluding hydrogens is 458 g/mol. The summed E-state index contributed by atoms with van der Waals surface area (Å²) < 4.78 is 28.7. The lowest BCUT2D eigenvalue weighted by atomic mass is 10.1. The summed E-state index contributed by atoms with van der Waals surface area (Å²) in [5.41, 5.74) is 2.83. The Kier molecular flexibility index (Phi) is 5.51. The highest BCUT2D eigenvalue weighted by Crippen LogP contribution is 2.26. The molecule has 1 fully saturated rings. The molecule has 8 nitrogen and oxygen atoms in total. The van der Waals surface area contributed by atoms with Gasteiger partial charge >= 0.3 is 0 Å². The monoisotopic (exact) mass is 481 g/mol. The van der Waals surface area contributed by atoms with E-state index < -0.39 is 10.0 Å². The van der Waals surface area contributed by atoms with Gasteiger partial charge in [0.2, 0.25) is 15.0 Å². The standard InChI is InChI=1S/C23H23N5O3S2/c1-16-6-8-19(9-7-16)33(30,31)27-12-10-26(11-13-27)20-15-21(29)28-23(24-20)32-22(25-28)18-5-3-4-17(2)14-18/h3-9,14-15H,10-13H2,1-2H3. The van der Waals surface area contributed by atoms with Crippen molar-refractivity contribution >= 4 is 32.1 Å². The lowest BCUT2D eigenvalue weighted by Gasteiger charge is -2.34. The summed E-state index contributed by atoms with van der Waals surface area (Å²) >= 11 is 1.36. The summed E-state index contributed by atoms with van der Waals surface area (Å²) in [6, 6.07) is 16.3. The molecule has 33 heavy (non-hydrogen) atoms. The van der Waals surface area contributed by atoms with Crippen molar-refractivity contribution in [3.05, 3.63) is 76.1 Å². The molecule has 3 heterocycles. The fourth-order valence-electron chi connectivity index (χ4n) is 3.87. The van der Waals surface area contributed by atoms with Crippen LogP contribution in [0.2, 0.25) is 0 Å². The second-order valence-electron chi connectivity index (χ2n) is 8.13. The third kappa shape index (κ3) is 4.17. The predicted molar refractivity (Wildman–Crippen MR) is 129 cm³/mol. The zero-order chi connectivity index (χ0) is 23.2. The Bertz CT molecular complexity index is 1480. The molecule has 5 rings (SSSR count). The number of benzene rings is 2. The smallest absolute Gasteiger partial charge is 0.277 e. The van der Waals surface area contributed by atoms with Gasteiger partial charge in [-0.3, -0.25) is 4.79 Å². The highest BCUT2D eigenvalue weighted by atomic mass is 32.2. The molecule has 0 aliphatic carbocycles. The average Bonchev–Trinajstić information content (AvgIpc) is 3.25. The summed E-state index contributed by atoms with van der Waals surface area (Å²) in [6.45, 7) is 5.50. The number of hydrogen-bond donors (Lipinski definition) is 0. The maximum absolute atomic E-state index is 13.0. The third-order valence-electron chi connectivity index (χ3n) is 5.72. The number of hydrogen-bond acceptors (Lipinski definition) is 7. The molecule has 2 aromatic carbocycles. The molecule has 0 atom stereocenters. The van der Waals surface area contributed by atoms with E-state index in [1.54, 1.807) is 24.3 Å². The number of aryl methyl sites for hydroxylation is 2. The summed E-state index contributed by atoms with van der Waals surface area (Å²) in [7, 11) is -3.55. The van der Waals surface area contributed by atoms with Gasteiger partial charge in [-0.25, -0.2) is 13.4 Å². The first-order valence-electron chi connectivity index (χ1n) is 10.6. The summed E-state index contributed by atoms with van der Waals surface area (Å²) in [5.74, 6) is 0.548. The second kappa shape index (κ2) is 8.36. The zero-order valence-electron chi connectivity index (χ0n) is 18.3. The topological polar surface area (TPSA) is 87.9 Å². The van der Waals surface area contributed by atoms with E-state index in [-0.39, 0.29) is 5.56 Å². The van der Waals surface area contributed by atoms with E-state index in [1.165, 1.54) is 26.2 Å². The van der Waals surface area contributed by atoms with Crippen molar-refractivity contribution < 1.29 is 8.42 Å². The van der Waals surface area contributed by atoms with E-state index >= 15 is 0 Å². The second-order valence-corrected chi connectivity index (χ2v) is 11.0. The van der Waals surface area contributed by atoms with E-state index in [0.717, 1.165) is 21.7 Å². The van der Waals surface area contributed by atoms with E-state index in [1.807, 2.05) is 43.0 Å².